The lowest BCUT2D eigenvalue weighted by Gasteiger charge is -2.18. The van der Waals surface area contributed by atoms with Crippen molar-refractivity contribution in [3.05, 3.63) is 60.2 Å². The van der Waals surface area contributed by atoms with Gasteiger partial charge in [-0.05, 0) is 42.3 Å². The van der Waals surface area contributed by atoms with Gasteiger partial charge in [0.25, 0.3) is 0 Å². The van der Waals surface area contributed by atoms with E-state index in [-0.39, 0.29) is 23.9 Å². The first-order valence-electron chi connectivity index (χ1n) is 8.35. The van der Waals surface area contributed by atoms with Crippen molar-refractivity contribution in [3.63, 3.8) is 0 Å². The van der Waals surface area contributed by atoms with Gasteiger partial charge in [-0.2, -0.15) is 0 Å². The summed E-state index contributed by atoms with van der Waals surface area (Å²) >= 11 is 0. The Morgan fingerprint density at radius 2 is 2.04 bits per heavy atom. The van der Waals surface area contributed by atoms with Crippen LogP contribution >= 0.6 is 0 Å². The van der Waals surface area contributed by atoms with Crippen LogP contribution in [0.5, 0.6) is 0 Å². The van der Waals surface area contributed by atoms with E-state index in [1.165, 1.54) is 24.3 Å². The molecule has 0 radical (unpaired) electrons. The minimum Gasteiger partial charge on any atom is -0.334 e. The Bertz CT molecular complexity index is 754. The average Bonchev–Trinajstić information content (AvgIpc) is 3.11. The molecule has 0 saturated carbocycles. The largest absolute Gasteiger partial charge is 0.334 e. The molecule has 1 fully saturated rings. The van der Waals surface area contributed by atoms with Gasteiger partial charge in [0.1, 0.15) is 5.82 Å². The smallest absolute Gasteiger partial charge is 0.319 e. The third-order valence-corrected chi connectivity index (χ3v) is 4.08. The predicted octanol–water partition coefficient (Wildman–Crippen LogP) is 2.33. The van der Waals surface area contributed by atoms with Gasteiger partial charge in [0.05, 0.1) is 0 Å². The van der Waals surface area contributed by atoms with Gasteiger partial charge in [-0.3, -0.25) is 4.98 Å². The van der Waals surface area contributed by atoms with Crippen LogP contribution in [0, 0.1) is 5.82 Å². The predicted molar refractivity (Wildman–Crippen MR) is 95.0 cm³/mol. The van der Waals surface area contributed by atoms with Crippen LogP contribution in [0.15, 0.2) is 48.8 Å². The number of carbonyl (C=O) groups excluding carboxylic acids is 2. The standard InChI is InChI=1S/C18H20FN5O2/c19-14-3-5-15(6-4-14)22-17(25)23-16-7-9-24(12-16)18(26)21-11-13-2-1-8-20-10-13/h1-6,8,10,16H,7,9,11-12H2,(H,21,26)(H2,22,23,25)/t16-/m0/s1. The Balaban J connectivity index is 1.42. The maximum atomic E-state index is 12.9. The molecule has 1 aliphatic heterocycles. The number of carbonyl (C=O) groups is 2. The molecule has 3 rings (SSSR count). The Morgan fingerprint density at radius 1 is 1.23 bits per heavy atom. The van der Waals surface area contributed by atoms with Crippen molar-refractivity contribution in [3.8, 4) is 0 Å². The molecular formula is C18H20FN5O2. The van der Waals surface area contributed by atoms with Crippen molar-refractivity contribution in [2.24, 2.45) is 0 Å². The van der Waals surface area contributed by atoms with Crippen LogP contribution in [0.4, 0.5) is 19.7 Å². The van der Waals surface area contributed by atoms with E-state index in [2.05, 4.69) is 20.9 Å². The van der Waals surface area contributed by atoms with Crippen LogP contribution < -0.4 is 16.0 Å². The van der Waals surface area contributed by atoms with Crippen LogP contribution in [-0.4, -0.2) is 41.1 Å². The summed E-state index contributed by atoms with van der Waals surface area (Å²) in [5.41, 5.74) is 1.43. The molecule has 7 nitrogen and oxygen atoms in total. The Labute approximate surface area is 150 Å². The van der Waals surface area contributed by atoms with Gasteiger partial charge in [-0.1, -0.05) is 6.07 Å². The van der Waals surface area contributed by atoms with Crippen LogP contribution in [0.1, 0.15) is 12.0 Å². The molecule has 2 heterocycles. The number of pyridine rings is 1. The van der Waals surface area contributed by atoms with Gasteiger partial charge < -0.3 is 20.9 Å². The molecule has 2 aromatic rings. The fourth-order valence-electron chi connectivity index (χ4n) is 2.74. The highest BCUT2D eigenvalue weighted by molar-refractivity contribution is 5.89. The minimum atomic E-state index is -0.376. The van der Waals surface area contributed by atoms with Crippen molar-refractivity contribution >= 4 is 17.7 Å². The number of nitrogens with one attached hydrogen (secondary N) is 3. The van der Waals surface area contributed by atoms with E-state index in [0.29, 0.717) is 31.7 Å². The number of hydrogen-bond donors (Lipinski definition) is 3. The number of likely N-dealkylation sites (tertiary alicyclic amines) is 1. The zero-order chi connectivity index (χ0) is 18.4. The van der Waals surface area contributed by atoms with Crippen molar-refractivity contribution in [2.75, 3.05) is 18.4 Å². The molecule has 4 amide bonds. The van der Waals surface area contributed by atoms with Crippen molar-refractivity contribution < 1.29 is 14.0 Å². The summed E-state index contributed by atoms with van der Waals surface area (Å²) in [6.45, 7) is 1.42. The number of urea groups is 2. The first kappa shape index (κ1) is 17.7. The number of amides is 4. The molecule has 0 aliphatic carbocycles. The maximum absolute atomic E-state index is 12.9. The maximum Gasteiger partial charge on any atom is 0.319 e. The van der Waals surface area contributed by atoms with Crippen molar-refractivity contribution in [2.45, 2.75) is 19.0 Å². The Kier molecular flexibility index (Phi) is 5.62. The normalized spacial score (nSPS) is 16.2. The molecule has 1 aromatic carbocycles. The number of hydrogen-bond acceptors (Lipinski definition) is 3. The fraction of sp³-hybridized carbons (Fsp3) is 0.278. The summed E-state index contributed by atoms with van der Waals surface area (Å²) in [5, 5.41) is 8.31. The minimum absolute atomic E-state index is 0.125. The monoisotopic (exact) mass is 357 g/mol. The summed E-state index contributed by atoms with van der Waals surface area (Å²) in [6.07, 6.45) is 4.06. The van der Waals surface area contributed by atoms with Gasteiger partial charge in [0, 0.05) is 43.8 Å². The van der Waals surface area contributed by atoms with Gasteiger partial charge in [-0.25, -0.2) is 14.0 Å². The zero-order valence-corrected chi connectivity index (χ0v) is 14.1. The summed E-state index contributed by atoms with van der Waals surface area (Å²) in [6, 6.07) is 8.57. The van der Waals surface area contributed by atoms with Gasteiger partial charge >= 0.3 is 12.1 Å². The van der Waals surface area contributed by atoms with E-state index >= 15 is 0 Å². The van der Waals surface area contributed by atoms with E-state index in [1.54, 1.807) is 17.3 Å². The number of anilines is 1. The van der Waals surface area contributed by atoms with E-state index in [1.807, 2.05) is 12.1 Å². The lowest BCUT2D eigenvalue weighted by atomic mass is 10.3. The average molecular weight is 357 g/mol. The zero-order valence-electron chi connectivity index (χ0n) is 14.1. The molecule has 1 aromatic heterocycles. The Hall–Kier alpha value is -3.16. The van der Waals surface area contributed by atoms with Crippen LogP contribution in [-0.2, 0) is 6.54 Å². The molecule has 1 atom stereocenters. The molecular weight excluding hydrogens is 337 g/mol. The molecule has 3 N–H and O–H groups in total. The van der Waals surface area contributed by atoms with Crippen molar-refractivity contribution in [1.29, 1.82) is 0 Å². The van der Waals surface area contributed by atoms with E-state index < -0.39 is 0 Å². The summed E-state index contributed by atoms with van der Waals surface area (Å²) in [5.74, 6) is -0.361. The summed E-state index contributed by atoms with van der Waals surface area (Å²) < 4.78 is 12.9. The topological polar surface area (TPSA) is 86.4 Å². The Morgan fingerprint density at radius 3 is 2.77 bits per heavy atom. The molecule has 0 bridgehead atoms. The number of rotatable bonds is 4. The van der Waals surface area contributed by atoms with Crippen molar-refractivity contribution in [1.82, 2.24) is 20.5 Å². The molecule has 26 heavy (non-hydrogen) atoms. The number of nitrogens with zero attached hydrogens (tertiary/aromatic N) is 2. The number of halogens is 1. The molecule has 0 spiro atoms. The first-order chi connectivity index (χ1) is 12.6. The molecule has 1 saturated heterocycles. The SMILES string of the molecule is O=C(Nc1ccc(F)cc1)N[C@H]1CCN(C(=O)NCc2cccnc2)C1. The lowest BCUT2D eigenvalue weighted by molar-refractivity contribution is 0.207. The lowest BCUT2D eigenvalue weighted by Crippen LogP contribution is -2.43. The van der Waals surface area contributed by atoms with Crippen LogP contribution in [0.3, 0.4) is 0 Å². The highest BCUT2D eigenvalue weighted by Crippen LogP contribution is 2.11. The fourth-order valence-corrected chi connectivity index (χ4v) is 2.74. The van der Waals surface area contributed by atoms with Gasteiger partial charge in [0.2, 0.25) is 0 Å². The quantitative estimate of drug-likeness (QED) is 0.785. The summed E-state index contributed by atoms with van der Waals surface area (Å²) in [7, 11) is 0. The number of aromatic nitrogens is 1. The van der Waals surface area contributed by atoms with E-state index in [4.69, 9.17) is 0 Å². The number of benzene rings is 1. The summed E-state index contributed by atoms with van der Waals surface area (Å²) in [4.78, 5) is 29.9. The third-order valence-electron chi connectivity index (χ3n) is 4.08. The van der Waals surface area contributed by atoms with E-state index in [9.17, 15) is 14.0 Å². The van der Waals surface area contributed by atoms with Gasteiger partial charge in [0.15, 0.2) is 0 Å². The van der Waals surface area contributed by atoms with Crippen LogP contribution in [0.2, 0.25) is 0 Å². The first-order valence-corrected chi connectivity index (χ1v) is 8.35. The molecule has 8 heteroatoms. The van der Waals surface area contributed by atoms with E-state index in [0.717, 1.165) is 5.56 Å². The van der Waals surface area contributed by atoms with Crippen LogP contribution in [0.25, 0.3) is 0 Å². The second-order valence-corrected chi connectivity index (χ2v) is 6.06. The van der Waals surface area contributed by atoms with Gasteiger partial charge in [-0.15, -0.1) is 0 Å². The highest BCUT2D eigenvalue weighted by atomic mass is 19.1. The molecule has 136 valence electrons. The molecule has 1 aliphatic rings. The molecule has 0 unspecified atom stereocenters. The third kappa shape index (κ3) is 4.92. The highest BCUT2D eigenvalue weighted by Gasteiger charge is 2.27. The second-order valence-electron chi connectivity index (χ2n) is 6.06. The second kappa shape index (κ2) is 8.28.